The van der Waals surface area contributed by atoms with Crippen molar-refractivity contribution >= 4 is 17.3 Å². The SMILES string of the molecule is CC1Cc2cc(N)ccc2N1C(=O)C(F)(F)C(F)F. The first-order chi connectivity index (χ1) is 8.75. The molecule has 1 aromatic carbocycles. The highest BCUT2D eigenvalue weighted by molar-refractivity contribution is 6.01. The number of halogens is 4. The van der Waals surface area contributed by atoms with Crippen LogP contribution in [0, 0.1) is 0 Å². The first kappa shape index (κ1) is 13.6. The molecular formula is C12H12F4N2O. The minimum absolute atomic E-state index is 0.215. The molecule has 0 saturated carbocycles. The Kier molecular flexibility index (Phi) is 3.15. The lowest BCUT2D eigenvalue weighted by molar-refractivity contribution is -0.166. The molecule has 7 heteroatoms. The Bertz CT molecular complexity index is 518. The Morgan fingerprint density at radius 3 is 2.68 bits per heavy atom. The van der Waals surface area contributed by atoms with Crippen LogP contribution in [-0.4, -0.2) is 24.3 Å². The summed E-state index contributed by atoms with van der Waals surface area (Å²) in [4.78, 5) is 12.4. The molecule has 1 aliphatic heterocycles. The van der Waals surface area contributed by atoms with E-state index < -0.39 is 24.3 Å². The number of alkyl halides is 4. The second kappa shape index (κ2) is 4.40. The molecule has 1 atom stereocenters. The summed E-state index contributed by atoms with van der Waals surface area (Å²) in [5.74, 6) is -6.56. The number of hydrogen-bond acceptors (Lipinski definition) is 2. The number of amides is 1. The smallest absolute Gasteiger partial charge is 0.384 e. The maximum absolute atomic E-state index is 13.2. The minimum Gasteiger partial charge on any atom is -0.399 e. The summed E-state index contributed by atoms with van der Waals surface area (Å²) in [6.07, 6.45) is -3.71. The average molecular weight is 276 g/mol. The number of nitrogens with two attached hydrogens (primary N) is 1. The lowest BCUT2D eigenvalue weighted by Gasteiger charge is -2.26. The van der Waals surface area contributed by atoms with Gasteiger partial charge in [-0.2, -0.15) is 8.78 Å². The van der Waals surface area contributed by atoms with Gasteiger partial charge in [-0.1, -0.05) is 0 Å². The summed E-state index contributed by atoms with van der Waals surface area (Å²) in [6.45, 7) is 1.52. The van der Waals surface area contributed by atoms with E-state index in [-0.39, 0.29) is 5.69 Å². The van der Waals surface area contributed by atoms with E-state index in [1.165, 1.54) is 19.1 Å². The van der Waals surface area contributed by atoms with Gasteiger partial charge in [0.25, 0.3) is 0 Å². The number of carbonyl (C=O) groups is 1. The van der Waals surface area contributed by atoms with E-state index in [0.717, 1.165) is 4.90 Å². The fourth-order valence-corrected chi connectivity index (χ4v) is 2.21. The van der Waals surface area contributed by atoms with Crippen LogP contribution in [0.2, 0.25) is 0 Å². The zero-order valence-corrected chi connectivity index (χ0v) is 10.0. The standard InChI is InChI=1S/C12H12F4N2O/c1-6-4-7-5-8(17)2-3-9(7)18(6)11(19)12(15,16)10(13)14/h2-3,5-6,10H,4,17H2,1H3. The normalized spacial score (nSPS) is 18.8. The van der Waals surface area contributed by atoms with Gasteiger partial charge in [-0.25, -0.2) is 8.78 Å². The first-order valence-corrected chi connectivity index (χ1v) is 5.63. The fourth-order valence-electron chi connectivity index (χ4n) is 2.21. The molecule has 0 fully saturated rings. The number of hydrogen-bond donors (Lipinski definition) is 1. The van der Waals surface area contributed by atoms with Gasteiger partial charge in [-0.05, 0) is 37.1 Å². The topological polar surface area (TPSA) is 46.3 Å². The number of anilines is 2. The van der Waals surface area contributed by atoms with E-state index >= 15 is 0 Å². The van der Waals surface area contributed by atoms with Gasteiger partial charge in [-0.3, -0.25) is 4.79 Å². The molecule has 1 aromatic rings. The molecule has 0 bridgehead atoms. The number of rotatable bonds is 2. The van der Waals surface area contributed by atoms with Crippen LogP contribution >= 0.6 is 0 Å². The van der Waals surface area contributed by atoms with Crippen LogP contribution in [0.15, 0.2) is 18.2 Å². The third-order valence-electron chi connectivity index (χ3n) is 3.10. The number of fused-ring (bicyclic) bond motifs is 1. The van der Waals surface area contributed by atoms with E-state index in [0.29, 0.717) is 17.7 Å². The van der Waals surface area contributed by atoms with E-state index in [4.69, 9.17) is 5.73 Å². The van der Waals surface area contributed by atoms with Gasteiger partial charge in [-0.15, -0.1) is 0 Å². The van der Waals surface area contributed by atoms with Crippen molar-refractivity contribution in [1.82, 2.24) is 0 Å². The summed E-state index contributed by atoms with van der Waals surface area (Å²) >= 11 is 0. The van der Waals surface area contributed by atoms with Crippen LogP contribution in [0.5, 0.6) is 0 Å². The fraction of sp³-hybridized carbons (Fsp3) is 0.417. The average Bonchev–Trinajstić information content (AvgIpc) is 2.62. The molecule has 0 radical (unpaired) electrons. The molecule has 0 aliphatic carbocycles. The van der Waals surface area contributed by atoms with Crippen LogP contribution in [0.1, 0.15) is 12.5 Å². The first-order valence-electron chi connectivity index (χ1n) is 5.63. The van der Waals surface area contributed by atoms with Gasteiger partial charge in [0.1, 0.15) is 0 Å². The molecule has 2 rings (SSSR count). The van der Waals surface area contributed by atoms with Gasteiger partial charge < -0.3 is 10.6 Å². The molecule has 19 heavy (non-hydrogen) atoms. The van der Waals surface area contributed by atoms with Crippen molar-refractivity contribution < 1.29 is 22.4 Å². The molecule has 2 N–H and O–H groups in total. The van der Waals surface area contributed by atoms with Crippen molar-refractivity contribution in [1.29, 1.82) is 0 Å². The van der Waals surface area contributed by atoms with Gasteiger partial charge in [0.05, 0.1) is 0 Å². The van der Waals surface area contributed by atoms with Crippen LogP contribution < -0.4 is 10.6 Å². The minimum atomic E-state index is -4.68. The van der Waals surface area contributed by atoms with Gasteiger partial charge in [0, 0.05) is 17.4 Å². The van der Waals surface area contributed by atoms with Crippen LogP contribution in [-0.2, 0) is 11.2 Å². The molecule has 1 heterocycles. The monoisotopic (exact) mass is 276 g/mol. The highest BCUT2D eigenvalue weighted by Gasteiger charge is 2.53. The zero-order chi connectivity index (χ0) is 14.4. The molecule has 0 spiro atoms. The molecule has 0 saturated heterocycles. The molecule has 1 amide bonds. The van der Waals surface area contributed by atoms with Gasteiger partial charge >= 0.3 is 18.3 Å². The van der Waals surface area contributed by atoms with E-state index in [9.17, 15) is 22.4 Å². The third kappa shape index (κ3) is 2.13. The number of carbonyl (C=O) groups excluding carboxylic acids is 1. The van der Waals surface area contributed by atoms with E-state index in [1.807, 2.05) is 0 Å². The Hall–Kier alpha value is -1.79. The van der Waals surface area contributed by atoms with Crippen LogP contribution in [0.4, 0.5) is 28.9 Å². The summed E-state index contributed by atoms with van der Waals surface area (Å²) in [6, 6.07) is 3.79. The summed E-state index contributed by atoms with van der Waals surface area (Å²) in [5.41, 5.74) is 6.81. The molecule has 3 nitrogen and oxygen atoms in total. The molecular weight excluding hydrogens is 264 g/mol. The van der Waals surface area contributed by atoms with E-state index in [2.05, 4.69) is 0 Å². The summed E-state index contributed by atoms with van der Waals surface area (Å²) in [7, 11) is 0. The Labute approximate surface area is 107 Å². The maximum Gasteiger partial charge on any atom is 0.384 e. The molecule has 1 unspecified atom stereocenters. The highest BCUT2D eigenvalue weighted by atomic mass is 19.3. The Balaban J connectivity index is 2.40. The van der Waals surface area contributed by atoms with Crippen molar-refractivity contribution in [3.63, 3.8) is 0 Å². The lowest BCUT2D eigenvalue weighted by Crippen LogP contribution is -2.50. The molecule has 1 aliphatic rings. The number of nitrogen functional groups attached to an aromatic ring is 1. The molecule has 0 aromatic heterocycles. The van der Waals surface area contributed by atoms with Crippen molar-refractivity contribution in [2.75, 3.05) is 10.6 Å². The van der Waals surface area contributed by atoms with Crippen molar-refractivity contribution in [2.45, 2.75) is 31.7 Å². The zero-order valence-electron chi connectivity index (χ0n) is 10.0. The van der Waals surface area contributed by atoms with Crippen LogP contribution in [0.3, 0.4) is 0 Å². The van der Waals surface area contributed by atoms with Crippen molar-refractivity contribution in [2.24, 2.45) is 0 Å². The molecule has 104 valence electrons. The third-order valence-corrected chi connectivity index (χ3v) is 3.10. The largest absolute Gasteiger partial charge is 0.399 e. The number of benzene rings is 1. The maximum atomic E-state index is 13.2. The number of nitrogens with zero attached hydrogens (tertiary/aromatic N) is 1. The predicted octanol–water partition coefficient (Wildman–Crippen LogP) is 2.45. The summed E-state index contributed by atoms with van der Waals surface area (Å²) < 4.78 is 50.9. The van der Waals surface area contributed by atoms with Crippen molar-refractivity contribution in [3.8, 4) is 0 Å². The van der Waals surface area contributed by atoms with E-state index in [1.54, 1.807) is 6.07 Å². The van der Waals surface area contributed by atoms with Crippen molar-refractivity contribution in [3.05, 3.63) is 23.8 Å². The summed E-state index contributed by atoms with van der Waals surface area (Å²) in [5, 5.41) is 0. The predicted molar refractivity (Wildman–Crippen MR) is 62.5 cm³/mol. The van der Waals surface area contributed by atoms with Gasteiger partial charge in [0.2, 0.25) is 0 Å². The highest BCUT2D eigenvalue weighted by Crippen LogP contribution is 2.37. The quantitative estimate of drug-likeness (QED) is 0.666. The Morgan fingerprint density at radius 1 is 1.47 bits per heavy atom. The second-order valence-electron chi connectivity index (χ2n) is 4.54. The van der Waals surface area contributed by atoms with Gasteiger partial charge in [0.15, 0.2) is 0 Å². The Morgan fingerprint density at radius 2 is 2.11 bits per heavy atom. The van der Waals surface area contributed by atoms with Crippen LogP contribution in [0.25, 0.3) is 0 Å². The second-order valence-corrected chi connectivity index (χ2v) is 4.54. The lowest BCUT2D eigenvalue weighted by atomic mass is 10.1.